The first-order valence-electron chi connectivity index (χ1n) is 15.2. The monoisotopic (exact) mass is 564 g/mol. The molecule has 1 aliphatic heterocycles. The van der Waals surface area contributed by atoms with Gasteiger partial charge in [-0.2, -0.15) is 0 Å². The van der Waals surface area contributed by atoms with Crippen LogP contribution in [0.5, 0.6) is 5.75 Å². The molecule has 0 saturated heterocycles. The van der Waals surface area contributed by atoms with E-state index in [2.05, 4.69) is 30.3 Å². The van der Waals surface area contributed by atoms with E-state index < -0.39 is 0 Å². The van der Waals surface area contributed by atoms with Crippen molar-refractivity contribution in [2.24, 2.45) is 0 Å². The van der Waals surface area contributed by atoms with Crippen LogP contribution in [0.2, 0.25) is 0 Å². The summed E-state index contributed by atoms with van der Waals surface area (Å²) in [4.78, 5) is 28.8. The van der Waals surface area contributed by atoms with Gasteiger partial charge in [0.2, 0.25) is 0 Å². The predicted molar refractivity (Wildman–Crippen MR) is 169 cm³/mol. The number of carbonyl (C=O) groups is 2. The molecule has 5 nitrogen and oxygen atoms in total. The first-order valence-corrected chi connectivity index (χ1v) is 16.2. The van der Waals surface area contributed by atoms with Crippen molar-refractivity contribution in [1.82, 2.24) is 4.90 Å². The molecule has 0 unspecified atom stereocenters. The molecular formula is C34H48N2O3S. The van der Waals surface area contributed by atoms with Crippen LogP contribution in [0.4, 0.5) is 5.69 Å². The number of benzene rings is 2. The number of ketones is 1. The molecule has 0 aliphatic carbocycles. The summed E-state index contributed by atoms with van der Waals surface area (Å²) in [6.07, 6.45) is 17.7. The number of hydrogen-bond acceptors (Lipinski definition) is 5. The first kappa shape index (κ1) is 31.8. The molecular weight excluding hydrogens is 516 g/mol. The molecule has 1 N–H and O–H groups in total. The largest absolute Gasteiger partial charge is 0.493 e. The number of Topliss-reactive ketones (excluding diaryl/α,β-unsaturated/α-hetero) is 1. The van der Waals surface area contributed by atoms with Crippen LogP contribution in [0.1, 0.15) is 124 Å². The second kappa shape index (κ2) is 17.9. The number of carbonyl (C=O) groups excluding carboxylic acids is 2. The topological polar surface area (TPSA) is 58.6 Å². The number of allylic oxidation sites excluding steroid dienone is 1. The SMILES string of the molecule is CCCCCCCCCCCCCCOc1ccc(C(=O)Nc2ccc(CN3C=C(C)SC3)cc2)cc1C(C)=O. The van der Waals surface area contributed by atoms with Gasteiger partial charge in [-0.05, 0) is 61.1 Å². The van der Waals surface area contributed by atoms with Gasteiger partial charge in [-0.15, -0.1) is 11.8 Å². The van der Waals surface area contributed by atoms with Crippen molar-refractivity contribution in [3.63, 3.8) is 0 Å². The van der Waals surface area contributed by atoms with E-state index in [9.17, 15) is 9.59 Å². The normalized spacial score (nSPS) is 12.9. The zero-order valence-corrected chi connectivity index (χ0v) is 25.6. The smallest absolute Gasteiger partial charge is 0.255 e. The number of hydrogen-bond donors (Lipinski definition) is 1. The van der Waals surface area contributed by atoms with Crippen molar-refractivity contribution >= 4 is 29.1 Å². The number of ether oxygens (including phenoxy) is 1. The van der Waals surface area contributed by atoms with Crippen LogP contribution >= 0.6 is 11.8 Å². The number of nitrogens with zero attached hydrogens (tertiary/aromatic N) is 1. The quantitative estimate of drug-likeness (QED) is 0.136. The molecule has 1 heterocycles. The van der Waals surface area contributed by atoms with Crippen molar-refractivity contribution in [3.05, 3.63) is 70.3 Å². The zero-order valence-electron chi connectivity index (χ0n) is 24.8. The van der Waals surface area contributed by atoms with Gasteiger partial charge in [0, 0.05) is 24.0 Å². The minimum atomic E-state index is -0.239. The van der Waals surface area contributed by atoms with Crippen molar-refractivity contribution in [3.8, 4) is 5.75 Å². The van der Waals surface area contributed by atoms with Crippen molar-refractivity contribution in [2.75, 3.05) is 17.8 Å². The van der Waals surface area contributed by atoms with Crippen LogP contribution in [-0.4, -0.2) is 29.1 Å². The molecule has 0 spiro atoms. The third-order valence-electron chi connectivity index (χ3n) is 7.30. The van der Waals surface area contributed by atoms with E-state index in [-0.39, 0.29) is 11.7 Å². The first-order chi connectivity index (χ1) is 19.5. The highest BCUT2D eigenvalue weighted by Crippen LogP contribution is 2.26. The van der Waals surface area contributed by atoms with E-state index in [1.54, 1.807) is 18.2 Å². The lowest BCUT2D eigenvalue weighted by Gasteiger charge is -2.15. The third-order valence-corrected chi connectivity index (χ3v) is 8.32. The van der Waals surface area contributed by atoms with Gasteiger partial charge in [0.05, 0.1) is 18.0 Å². The summed E-state index contributed by atoms with van der Waals surface area (Å²) in [7, 11) is 0. The molecule has 40 heavy (non-hydrogen) atoms. The van der Waals surface area contributed by atoms with E-state index >= 15 is 0 Å². The number of nitrogens with one attached hydrogen (secondary N) is 1. The highest BCUT2D eigenvalue weighted by Gasteiger charge is 2.15. The Bertz CT molecular complexity index is 1100. The lowest BCUT2D eigenvalue weighted by atomic mass is 10.1. The van der Waals surface area contributed by atoms with Crippen LogP contribution in [0.15, 0.2) is 53.6 Å². The van der Waals surface area contributed by atoms with Crippen molar-refractivity contribution in [1.29, 1.82) is 0 Å². The summed E-state index contributed by atoms with van der Waals surface area (Å²) in [5.74, 6) is 1.19. The second-order valence-electron chi connectivity index (χ2n) is 10.9. The van der Waals surface area contributed by atoms with Crippen molar-refractivity contribution in [2.45, 2.75) is 104 Å². The molecule has 0 bridgehead atoms. The standard InChI is InChI=1S/C34H48N2O3S/c1-4-5-6-7-8-9-10-11-12-13-14-15-22-39-33-21-18-30(23-32(33)28(3)37)34(38)35-31-19-16-29(17-20-31)25-36-24-27(2)40-26-36/h16-21,23-24H,4-15,22,25-26H2,1-3H3,(H,35,38). The highest BCUT2D eigenvalue weighted by atomic mass is 32.2. The van der Waals surface area contributed by atoms with E-state index in [1.165, 1.54) is 81.6 Å². The number of amides is 1. The van der Waals surface area contributed by atoms with Crippen LogP contribution in [-0.2, 0) is 6.54 Å². The Morgan fingerprint density at radius 3 is 2.08 bits per heavy atom. The summed E-state index contributed by atoms with van der Waals surface area (Å²) in [5, 5.41) is 2.95. The molecule has 2 aromatic carbocycles. The lowest BCUT2D eigenvalue weighted by molar-refractivity contribution is 0.101. The fourth-order valence-electron chi connectivity index (χ4n) is 4.94. The van der Waals surface area contributed by atoms with E-state index in [4.69, 9.17) is 4.74 Å². The maximum absolute atomic E-state index is 12.9. The molecule has 0 radical (unpaired) electrons. The molecule has 3 rings (SSSR count). The molecule has 6 heteroatoms. The number of anilines is 1. The van der Waals surface area contributed by atoms with Gasteiger partial charge in [0.15, 0.2) is 5.78 Å². The fraction of sp³-hybridized carbons (Fsp3) is 0.529. The van der Waals surface area contributed by atoms with Gasteiger partial charge >= 0.3 is 0 Å². The summed E-state index contributed by atoms with van der Waals surface area (Å²) in [5.41, 5.74) is 2.82. The third kappa shape index (κ3) is 11.4. The van der Waals surface area contributed by atoms with Crippen LogP contribution in [0.3, 0.4) is 0 Å². The average molecular weight is 565 g/mol. The molecule has 0 fully saturated rings. The Labute approximate surface area is 246 Å². The average Bonchev–Trinajstić information content (AvgIpc) is 3.36. The number of rotatable bonds is 19. The Morgan fingerprint density at radius 2 is 1.50 bits per heavy atom. The van der Waals surface area contributed by atoms with Crippen LogP contribution < -0.4 is 10.1 Å². The van der Waals surface area contributed by atoms with Gasteiger partial charge in [0.1, 0.15) is 5.75 Å². The maximum atomic E-state index is 12.9. The number of thioether (sulfide) groups is 1. The lowest BCUT2D eigenvalue weighted by Crippen LogP contribution is -2.14. The molecule has 0 atom stereocenters. The van der Waals surface area contributed by atoms with Crippen LogP contribution in [0.25, 0.3) is 0 Å². The zero-order chi connectivity index (χ0) is 28.6. The van der Waals surface area contributed by atoms with Gasteiger partial charge in [-0.3, -0.25) is 9.59 Å². The summed E-state index contributed by atoms with van der Waals surface area (Å²) >= 11 is 1.85. The van der Waals surface area contributed by atoms with E-state index in [0.29, 0.717) is 23.5 Å². The molecule has 0 saturated carbocycles. The summed E-state index contributed by atoms with van der Waals surface area (Å²) in [6.45, 7) is 7.34. The molecule has 2 aromatic rings. The highest BCUT2D eigenvalue weighted by molar-refractivity contribution is 8.03. The van der Waals surface area contributed by atoms with Gasteiger partial charge < -0.3 is 15.0 Å². The summed E-state index contributed by atoms with van der Waals surface area (Å²) < 4.78 is 5.96. The number of unbranched alkanes of at least 4 members (excludes halogenated alkanes) is 11. The van der Waals surface area contributed by atoms with E-state index in [1.807, 2.05) is 36.0 Å². The Kier molecular flexibility index (Phi) is 14.2. The van der Waals surface area contributed by atoms with Gasteiger partial charge in [-0.1, -0.05) is 89.7 Å². The minimum Gasteiger partial charge on any atom is -0.493 e. The second-order valence-corrected chi connectivity index (χ2v) is 12.1. The molecule has 0 aromatic heterocycles. The molecule has 1 amide bonds. The Hall–Kier alpha value is -2.73. The summed E-state index contributed by atoms with van der Waals surface area (Å²) in [6, 6.07) is 13.0. The predicted octanol–water partition coefficient (Wildman–Crippen LogP) is 9.59. The fourth-order valence-corrected chi connectivity index (χ4v) is 5.70. The van der Waals surface area contributed by atoms with Gasteiger partial charge in [0.25, 0.3) is 5.91 Å². The maximum Gasteiger partial charge on any atom is 0.255 e. The molecule has 1 aliphatic rings. The minimum absolute atomic E-state index is 0.104. The van der Waals surface area contributed by atoms with Gasteiger partial charge in [-0.25, -0.2) is 0 Å². The Balaban J connectivity index is 1.37. The van der Waals surface area contributed by atoms with Crippen LogP contribution in [0, 0.1) is 0 Å². The van der Waals surface area contributed by atoms with E-state index in [0.717, 1.165) is 31.0 Å². The molecule has 218 valence electrons. The van der Waals surface area contributed by atoms with Crippen molar-refractivity contribution < 1.29 is 14.3 Å². The Morgan fingerprint density at radius 1 is 0.875 bits per heavy atom.